The number of aliphatic hydroxyl groups is 3. The van der Waals surface area contributed by atoms with E-state index in [2.05, 4.69) is 0 Å². The normalized spacial score (nSPS) is 33.1. The monoisotopic (exact) mass is 390 g/mol. The smallest absolute Gasteiger partial charge is 0.187 e. The number of aliphatic hydroxyl groups excluding tert-OH is 3. The highest BCUT2D eigenvalue weighted by molar-refractivity contribution is 7.93. The van der Waals surface area contributed by atoms with Gasteiger partial charge in [-0.3, -0.25) is 0 Å². The number of sulfone groups is 1. The third-order valence-electron chi connectivity index (χ3n) is 3.55. The third kappa shape index (κ3) is 3.76. The molecule has 0 radical (unpaired) electrons. The first-order valence-corrected chi connectivity index (χ1v) is 9.73. The van der Waals surface area contributed by atoms with Crippen molar-refractivity contribution >= 4 is 44.4 Å². The van der Waals surface area contributed by atoms with Crippen LogP contribution in [0, 0.1) is 0 Å². The van der Waals surface area contributed by atoms with Gasteiger partial charge in [-0.25, -0.2) is 8.42 Å². The first-order valence-electron chi connectivity index (χ1n) is 6.50. The average molecular weight is 391 g/mol. The fraction of sp³-hybridized carbons (Fsp3) is 0.667. The van der Waals surface area contributed by atoms with Gasteiger partial charge in [0, 0.05) is 0 Å². The van der Waals surface area contributed by atoms with E-state index in [1.807, 2.05) is 0 Å². The van der Waals surface area contributed by atoms with E-state index in [0.717, 1.165) is 11.3 Å². The summed E-state index contributed by atoms with van der Waals surface area (Å²) in [6.07, 6.45) is -5.53. The van der Waals surface area contributed by atoms with Gasteiger partial charge in [-0.2, -0.15) is 0 Å². The van der Waals surface area contributed by atoms with Crippen molar-refractivity contribution in [2.75, 3.05) is 5.75 Å². The summed E-state index contributed by atoms with van der Waals surface area (Å²) in [4.78, 5) is 0. The molecule has 2 heterocycles. The molecule has 1 saturated heterocycles. The summed E-state index contributed by atoms with van der Waals surface area (Å²) in [5, 5.41) is 29.3. The van der Waals surface area contributed by atoms with Crippen molar-refractivity contribution in [2.24, 2.45) is 0 Å². The Kier molecular flexibility index (Phi) is 5.77. The van der Waals surface area contributed by atoms with Crippen LogP contribution in [0.1, 0.15) is 13.3 Å². The number of ether oxygens (including phenoxy) is 1. The minimum Gasteiger partial charge on any atom is -0.388 e. The number of halogens is 2. The van der Waals surface area contributed by atoms with Gasteiger partial charge in [0.15, 0.2) is 9.84 Å². The van der Waals surface area contributed by atoms with Crippen LogP contribution in [0.2, 0.25) is 9.36 Å². The summed E-state index contributed by atoms with van der Waals surface area (Å²) in [5.41, 5.74) is 0. The summed E-state index contributed by atoms with van der Waals surface area (Å²) in [7, 11) is -3.62. The predicted molar refractivity (Wildman–Crippen MR) is 83.4 cm³/mol. The number of hydrogen-bond donors (Lipinski definition) is 3. The Morgan fingerprint density at radius 1 is 1.23 bits per heavy atom. The average Bonchev–Trinajstić information content (AvgIpc) is 2.80. The number of rotatable bonds is 4. The fourth-order valence-electron chi connectivity index (χ4n) is 2.23. The largest absolute Gasteiger partial charge is 0.388 e. The molecule has 0 saturated carbocycles. The van der Waals surface area contributed by atoms with E-state index >= 15 is 0 Å². The van der Waals surface area contributed by atoms with Crippen molar-refractivity contribution < 1.29 is 28.5 Å². The lowest BCUT2D eigenvalue weighted by atomic mass is 9.94. The summed E-state index contributed by atoms with van der Waals surface area (Å²) < 4.78 is 30.0. The molecule has 1 aliphatic heterocycles. The molecule has 1 fully saturated rings. The molecule has 10 heteroatoms. The van der Waals surface area contributed by atoms with Gasteiger partial charge in [-0.1, -0.05) is 23.2 Å². The van der Waals surface area contributed by atoms with Crippen LogP contribution in [0.4, 0.5) is 0 Å². The second-order valence-corrected chi connectivity index (χ2v) is 9.54. The van der Waals surface area contributed by atoms with Crippen molar-refractivity contribution in [3.05, 3.63) is 15.4 Å². The van der Waals surface area contributed by atoms with Crippen molar-refractivity contribution in [2.45, 2.75) is 48.1 Å². The van der Waals surface area contributed by atoms with E-state index in [1.54, 1.807) is 6.92 Å². The second kappa shape index (κ2) is 6.90. The minimum absolute atomic E-state index is 0.0231. The zero-order valence-corrected chi connectivity index (χ0v) is 14.7. The van der Waals surface area contributed by atoms with Gasteiger partial charge in [0.1, 0.15) is 26.9 Å². The molecule has 3 N–H and O–H groups in total. The van der Waals surface area contributed by atoms with E-state index < -0.39 is 40.4 Å². The molecular formula is C12H16Cl2O6S2. The Bertz CT molecular complexity index is 612. The van der Waals surface area contributed by atoms with Crippen molar-refractivity contribution in [1.82, 2.24) is 0 Å². The lowest BCUT2D eigenvalue weighted by Gasteiger charge is -2.39. The molecule has 2 rings (SSSR count). The van der Waals surface area contributed by atoms with Gasteiger partial charge in [0.05, 0.1) is 23.0 Å². The molecule has 2 unspecified atom stereocenters. The van der Waals surface area contributed by atoms with E-state index in [0.29, 0.717) is 0 Å². The van der Waals surface area contributed by atoms with E-state index in [4.69, 9.17) is 27.9 Å². The molecule has 1 aromatic heterocycles. The highest BCUT2D eigenvalue weighted by Crippen LogP contribution is 2.35. The minimum atomic E-state index is -3.62. The molecule has 0 aliphatic carbocycles. The van der Waals surface area contributed by atoms with Gasteiger partial charge in [0.25, 0.3) is 0 Å². The van der Waals surface area contributed by atoms with E-state index in [9.17, 15) is 23.7 Å². The van der Waals surface area contributed by atoms with Crippen LogP contribution in [0.5, 0.6) is 0 Å². The Balaban J connectivity index is 2.05. The second-order valence-electron chi connectivity index (χ2n) is 5.15. The van der Waals surface area contributed by atoms with E-state index in [1.165, 1.54) is 6.07 Å². The van der Waals surface area contributed by atoms with Gasteiger partial charge in [-0.05, 0) is 19.4 Å². The maximum absolute atomic E-state index is 12.2. The zero-order valence-electron chi connectivity index (χ0n) is 11.5. The molecule has 126 valence electrons. The van der Waals surface area contributed by atoms with Crippen molar-refractivity contribution in [3.8, 4) is 0 Å². The molecule has 0 aromatic carbocycles. The summed E-state index contributed by atoms with van der Waals surface area (Å²) in [5.74, 6) is -0.294. The van der Waals surface area contributed by atoms with Crippen LogP contribution in [0.3, 0.4) is 0 Å². The first kappa shape index (κ1) is 18.4. The van der Waals surface area contributed by atoms with Crippen LogP contribution >= 0.6 is 34.5 Å². The van der Waals surface area contributed by atoms with Gasteiger partial charge >= 0.3 is 0 Å². The molecule has 0 spiro atoms. The quantitative estimate of drug-likeness (QED) is 0.710. The molecule has 1 aromatic rings. The maximum atomic E-state index is 12.2. The Hall–Kier alpha value is 0.0700. The van der Waals surface area contributed by atoms with Crippen LogP contribution in [0.15, 0.2) is 10.3 Å². The van der Waals surface area contributed by atoms with Crippen molar-refractivity contribution in [3.63, 3.8) is 0 Å². The standard InChI is InChI=1S/C12H16Cl2O6S2/c1-5-9(15)11(17)10(16)7(20-5)2-3-22(18,19)8-4-6(13)12(14)21-8/h4-5,7,9-11,15-17H,2-3H2,1H3/t5?,7-,9-,10?,11+/m1/s1. The molecule has 0 bridgehead atoms. The van der Waals surface area contributed by atoms with Gasteiger partial charge < -0.3 is 20.1 Å². The maximum Gasteiger partial charge on any atom is 0.187 e. The van der Waals surface area contributed by atoms with Crippen LogP contribution in [-0.2, 0) is 14.6 Å². The Morgan fingerprint density at radius 2 is 1.86 bits per heavy atom. The molecule has 5 atom stereocenters. The molecular weight excluding hydrogens is 375 g/mol. The summed E-state index contributed by atoms with van der Waals surface area (Å²) in [6, 6.07) is 1.28. The van der Waals surface area contributed by atoms with Crippen LogP contribution < -0.4 is 0 Å². The number of hydrogen-bond acceptors (Lipinski definition) is 7. The number of thiophene rings is 1. The summed E-state index contributed by atoms with van der Waals surface area (Å²) >= 11 is 12.4. The SMILES string of the molecule is CC1O[C@H](CCS(=O)(=O)c2cc(Cl)c(Cl)s2)C(O)[C@@H](O)[C@@H]1O. The first-order chi connectivity index (χ1) is 10.1. The molecule has 0 amide bonds. The van der Waals surface area contributed by atoms with Crippen LogP contribution in [-0.4, -0.2) is 60.0 Å². The predicted octanol–water partition coefficient (Wildman–Crippen LogP) is 1.09. The van der Waals surface area contributed by atoms with Crippen LogP contribution in [0.25, 0.3) is 0 Å². The summed E-state index contributed by atoms with van der Waals surface area (Å²) in [6.45, 7) is 1.54. The Morgan fingerprint density at radius 3 is 2.41 bits per heavy atom. The lowest BCUT2D eigenvalue weighted by molar-refractivity contribution is -0.217. The third-order valence-corrected chi connectivity index (χ3v) is 7.73. The Labute approximate surface area is 142 Å². The van der Waals surface area contributed by atoms with Gasteiger partial charge in [0.2, 0.25) is 0 Å². The fourth-order valence-corrected chi connectivity index (χ4v) is 5.58. The van der Waals surface area contributed by atoms with Gasteiger partial charge in [-0.15, -0.1) is 11.3 Å². The highest BCUT2D eigenvalue weighted by Gasteiger charge is 2.41. The molecule has 6 nitrogen and oxygen atoms in total. The van der Waals surface area contributed by atoms with Crippen molar-refractivity contribution in [1.29, 1.82) is 0 Å². The molecule has 1 aliphatic rings. The van der Waals surface area contributed by atoms with E-state index in [-0.39, 0.29) is 25.7 Å². The topological polar surface area (TPSA) is 104 Å². The lowest BCUT2D eigenvalue weighted by Crippen LogP contribution is -2.56. The molecule has 22 heavy (non-hydrogen) atoms. The zero-order chi connectivity index (χ0) is 16.7. The highest BCUT2D eigenvalue weighted by atomic mass is 35.5.